The van der Waals surface area contributed by atoms with Crippen molar-refractivity contribution in [2.24, 2.45) is 0 Å². The number of pyridine rings is 1. The highest BCUT2D eigenvalue weighted by atomic mass is 35.5. The van der Waals surface area contributed by atoms with Gasteiger partial charge in [0.1, 0.15) is 6.61 Å². The number of hydrogen-bond donors (Lipinski definition) is 1. The van der Waals surface area contributed by atoms with Crippen LogP contribution >= 0.6 is 0 Å². The lowest BCUT2D eigenvalue weighted by molar-refractivity contribution is -0.715. The summed E-state index contributed by atoms with van der Waals surface area (Å²) in [6.45, 7) is 2.25. The molecule has 0 aliphatic carbocycles. The topological polar surface area (TPSA) is 24.1 Å². The summed E-state index contributed by atoms with van der Waals surface area (Å²) in [6, 6.07) is 14.2. The molecule has 0 amide bonds. The molecular weight excluding hydrogens is 246 g/mol. The lowest BCUT2D eigenvalue weighted by Crippen LogP contribution is -3.00. The quantitative estimate of drug-likeness (QED) is 0.712. The van der Waals surface area contributed by atoms with Gasteiger partial charge >= 0.3 is 0 Å². The number of aryl methyl sites for hydroxylation is 1. The zero-order chi connectivity index (χ0) is 12.1. The van der Waals surface area contributed by atoms with Crippen LogP contribution in [0.4, 0.5) is 0 Å². The van der Waals surface area contributed by atoms with E-state index in [4.69, 9.17) is 0 Å². The van der Waals surface area contributed by atoms with E-state index in [0.29, 0.717) is 0 Å². The first-order valence-electron chi connectivity index (χ1n) is 6.00. The Kier molecular flexibility index (Phi) is 5.83. The average Bonchev–Trinajstić information content (AvgIpc) is 2.41. The predicted octanol–water partition coefficient (Wildman–Crippen LogP) is -0.878. The van der Waals surface area contributed by atoms with Crippen LogP contribution in [0.2, 0.25) is 0 Å². The molecule has 2 nitrogen and oxygen atoms in total. The molecule has 1 heterocycles. The van der Waals surface area contributed by atoms with Crippen molar-refractivity contribution in [3.05, 3.63) is 66.0 Å². The summed E-state index contributed by atoms with van der Waals surface area (Å²) in [4.78, 5) is 0. The number of rotatable bonds is 4. The average molecular weight is 264 g/mol. The van der Waals surface area contributed by atoms with Gasteiger partial charge < -0.3 is 17.5 Å². The summed E-state index contributed by atoms with van der Waals surface area (Å²) in [5, 5.41) is 9.58. The van der Waals surface area contributed by atoms with Gasteiger partial charge in [0.25, 0.3) is 0 Å². The Morgan fingerprint density at radius 1 is 1.11 bits per heavy atom. The maximum absolute atomic E-state index is 9.58. The Balaban J connectivity index is 0.00000162. The van der Waals surface area contributed by atoms with Crippen molar-refractivity contribution in [2.45, 2.75) is 19.4 Å². The van der Waals surface area contributed by atoms with Gasteiger partial charge in [-0.1, -0.05) is 37.3 Å². The lowest BCUT2D eigenvalue weighted by atomic mass is 10.1. The third-order valence-corrected chi connectivity index (χ3v) is 3.01. The molecule has 0 bridgehead atoms. The molecule has 0 unspecified atom stereocenters. The van der Waals surface area contributed by atoms with Crippen molar-refractivity contribution < 1.29 is 22.1 Å². The van der Waals surface area contributed by atoms with E-state index in [9.17, 15) is 5.11 Å². The Hall–Kier alpha value is -1.38. The third kappa shape index (κ3) is 3.31. The standard InChI is InChI=1S/C15H18NO.ClH/c1-2-13-7-6-10-16(11-13)15(12-17)14-8-4-3-5-9-14;/h3-11,15,17H,2,12H2,1H3;1H/q+1;/p-1/t15-;/m0./s1. The van der Waals surface area contributed by atoms with Gasteiger partial charge in [0, 0.05) is 17.2 Å². The highest BCUT2D eigenvalue weighted by molar-refractivity contribution is 5.17. The fourth-order valence-corrected chi connectivity index (χ4v) is 1.99. The van der Waals surface area contributed by atoms with Crippen molar-refractivity contribution in [1.82, 2.24) is 0 Å². The Morgan fingerprint density at radius 2 is 1.83 bits per heavy atom. The molecule has 0 saturated carbocycles. The second kappa shape index (κ2) is 7.14. The molecule has 0 fully saturated rings. The van der Waals surface area contributed by atoms with E-state index in [-0.39, 0.29) is 25.1 Å². The van der Waals surface area contributed by atoms with Crippen molar-refractivity contribution >= 4 is 0 Å². The van der Waals surface area contributed by atoms with Gasteiger partial charge in [-0.15, -0.1) is 0 Å². The van der Waals surface area contributed by atoms with E-state index < -0.39 is 0 Å². The second-order valence-electron chi connectivity index (χ2n) is 4.12. The highest BCUT2D eigenvalue weighted by Gasteiger charge is 2.19. The maximum Gasteiger partial charge on any atom is 0.206 e. The first-order valence-corrected chi connectivity index (χ1v) is 6.00. The van der Waals surface area contributed by atoms with Gasteiger partial charge in [0.15, 0.2) is 12.4 Å². The van der Waals surface area contributed by atoms with Gasteiger partial charge in [-0.05, 0) is 12.5 Å². The van der Waals surface area contributed by atoms with Crippen molar-refractivity contribution in [1.29, 1.82) is 0 Å². The first kappa shape index (κ1) is 14.7. The Morgan fingerprint density at radius 3 is 2.44 bits per heavy atom. The van der Waals surface area contributed by atoms with Crippen LogP contribution in [0.25, 0.3) is 0 Å². The summed E-state index contributed by atoms with van der Waals surface area (Å²) in [5.41, 5.74) is 2.41. The summed E-state index contributed by atoms with van der Waals surface area (Å²) in [6.07, 6.45) is 5.12. The molecule has 1 N–H and O–H groups in total. The minimum atomic E-state index is 0. The molecule has 96 valence electrons. The Bertz CT molecular complexity index is 473. The molecule has 0 aliphatic rings. The largest absolute Gasteiger partial charge is 1.00 e. The van der Waals surface area contributed by atoms with E-state index >= 15 is 0 Å². The van der Waals surface area contributed by atoms with E-state index in [1.807, 2.05) is 42.6 Å². The minimum Gasteiger partial charge on any atom is -1.00 e. The number of aliphatic hydroxyl groups excluding tert-OH is 1. The van der Waals surface area contributed by atoms with E-state index in [0.717, 1.165) is 12.0 Å². The summed E-state index contributed by atoms with van der Waals surface area (Å²) in [7, 11) is 0. The summed E-state index contributed by atoms with van der Waals surface area (Å²) in [5.74, 6) is 0. The van der Waals surface area contributed by atoms with Crippen LogP contribution in [-0.4, -0.2) is 11.7 Å². The molecule has 2 rings (SSSR count). The molecule has 3 heteroatoms. The van der Waals surface area contributed by atoms with Gasteiger partial charge in [-0.3, -0.25) is 0 Å². The molecule has 18 heavy (non-hydrogen) atoms. The lowest BCUT2D eigenvalue weighted by Gasteiger charge is -2.10. The predicted molar refractivity (Wildman–Crippen MR) is 67.7 cm³/mol. The molecule has 1 aromatic heterocycles. The monoisotopic (exact) mass is 263 g/mol. The highest BCUT2D eigenvalue weighted by Crippen LogP contribution is 2.11. The first-order chi connectivity index (χ1) is 8.35. The van der Waals surface area contributed by atoms with Crippen LogP contribution in [0.1, 0.15) is 24.1 Å². The van der Waals surface area contributed by atoms with E-state index in [1.54, 1.807) is 0 Å². The SMILES string of the molecule is CCc1ccc[n+]([C@@H](CO)c2ccccc2)c1.[Cl-]. The molecular formula is C15H18ClNO. The van der Waals surface area contributed by atoms with Gasteiger partial charge in [-0.25, -0.2) is 0 Å². The molecule has 0 saturated heterocycles. The number of halogens is 1. The van der Waals surface area contributed by atoms with Gasteiger partial charge in [0.2, 0.25) is 6.04 Å². The van der Waals surface area contributed by atoms with Crippen molar-refractivity contribution in [2.75, 3.05) is 6.61 Å². The molecule has 2 aromatic rings. The minimum absolute atomic E-state index is 0. The zero-order valence-corrected chi connectivity index (χ0v) is 11.2. The summed E-state index contributed by atoms with van der Waals surface area (Å²) >= 11 is 0. The maximum atomic E-state index is 9.58. The smallest absolute Gasteiger partial charge is 0.206 e. The van der Waals surface area contributed by atoms with Crippen LogP contribution in [-0.2, 0) is 6.42 Å². The normalized spacial score (nSPS) is 11.7. The second-order valence-corrected chi connectivity index (χ2v) is 4.12. The van der Waals surface area contributed by atoms with E-state index in [2.05, 4.69) is 23.8 Å². The van der Waals surface area contributed by atoms with Crippen molar-refractivity contribution in [3.8, 4) is 0 Å². The Labute approximate surface area is 114 Å². The molecule has 0 radical (unpaired) electrons. The van der Waals surface area contributed by atoms with Crippen LogP contribution < -0.4 is 17.0 Å². The number of aliphatic hydroxyl groups is 1. The van der Waals surface area contributed by atoms with E-state index in [1.165, 1.54) is 5.56 Å². The van der Waals surface area contributed by atoms with Gasteiger partial charge in [0.05, 0.1) is 0 Å². The summed E-state index contributed by atoms with van der Waals surface area (Å²) < 4.78 is 2.08. The van der Waals surface area contributed by atoms with Crippen LogP contribution in [0.3, 0.4) is 0 Å². The third-order valence-electron chi connectivity index (χ3n) is 3.01. The van der Waals surface area contributed by atoms with Crippen LogP contribution in [0, 0.1) is 0 Å². The van der Waals surface area contributed by atoms with Crippen LogP contribution in [0.15, 0.2) is 54.9 Å². The molecule has 0 spiro atoms. The fourth-order valence-electron chi connectivity index (χ4n) is 1.99. The number of hydrogen-bond acceptors (Lipinski definition) is 1. The number of aromatic nitrogens is 1. The molecule has 0 aliphatic heterocycles. The zero-order valence-electron chi connectivity index (χ0n) is 10.5. The number of nitrogens with zero attached hydrogens (tertiary/aromatic N) is 1. The van der Waals surface area contributed by atoms with Crippen molar-refractivity contribution in [3.63, 3.8) is 0 Å². The fraction of sp³-hybridized carbons (Fsp3) is 0.267. The van der Waals surface area contributed by atoms with Crippen LogP contribution in [0.5, 0.6) is 0 Å². The molecule has 1 aromatic carbocycles. The number of benzene rings is 1. The molecule has 1 atom stereocenters. The van der Waals surface area contributed by atoms with Gasteiger partial charge in [-0.2, -0.15) is 4.57 Å².